The van der Waals surface area contributed by atoms with Crippen LogP contribution in [0.2, 0.25) is 0 Å². The third kappa shape index (κ3) is 4.75. The number of carbonyl (C=O) groups is 1. The van der Waals surface area contributed by atoms with E-state index in [-0.39, 0.29) is 12.5 Å². The van der Waals surface area contributed by atoms with Crippen LogP contribution in [0.4, 0.5) is 0 Å². The molecule has 0 bridgehead atoms. The summed E-state index contributed by atoms with van der Waals surface area (Å²) in [5.41, 5.74) is 1.04. The first kappa shape index (κ1) is 12.5. The van der Waals surface area contributed by atoms with Crippen molar-refractivity contribution in [3.63, 3.8) is 0 Å². The van der Waals surface area contributed by atoms with Crippen molar-refractivity contribution in [1.82, 2.24) is 0 Å². The second-order valence-corrected chi connectivity index (χ2v) is 3.54. The third-order valence-electron chi connectivity index (χ3n) is 2.16. The summed E-state index contributed by atoms with van der Waals surface area (Å²) >= 11 is 0. The number of benzene rings is 1. The molecule has 1 aromatic carbocycles. The lowest BCUT2D eigenvalue weighted by Crippen LogP contribution is -2.16. The smallest absolute Gasteiger partial charge is 0.305 e. The van der Waals surface area contributed by atoms with Crippen LogP contribution in [0.5, 0.6) is 0 Å². The predicted octanol–water partition coefficient (Wildman–Crippen LogP) is 2.62. The molecule has 1 rings (SSSR count). The molecule has 0 aliphatic carbocycles. The van der Waals surface area contributed by atoms with E-state index in [0.717, 1.165) is 5.56 Å². The maximum absolute atomic E-state index is 10.6. The highest BCUT2D eigenvalue weighted by Crippen LogP contribution is 2.09. The van der Waals surface area contributed by atoms with Gasteiger partial charge in [-0.1, -0.05) is 36.4 Å². The Morgan fingerprint density at radius 3 is 2.69 bits per heavy atom. The first-order valence-electron chi connectivity index (χ1n) is 5.20. The zero-order chi connectivity index (χ0) is 11.8. The van der Waals surface area contributed by atoms with Gasteiger partial charge in [0.2, 0.25) is 0 Å². The maximum Gasteiger partial charge on any atom is 0.305 e. The van der Waals surface area contributed by atoms with Crippen LogP contribution in [0.25, 0.3) is 0 Å². The van der Waals surface area contributed by atoms with Gasteiger partial charge in [-0.05, 0) is 12.0 Å². The maximum atomic E-state index is 10.6. The summed E-state index contributed by atoms with van der Waals surface area (Å²) < 4.78 is 5.53. The van der Waals surface area contributed by atoms with Crippen molar-refractivity contribution in [1.29, 1.82) is 0 Å². The fraction of sp³-hybridized carbons (Fsp3) is 0.308. The molecule has 0 saturated carbocycles. The van der Waals surface area contributed by atoms with E-state index < -0.39 is 5.97 Å². The molecule has 0 amide bonds. The Morgan fingerprint density at radius 2 is 2.12 bits per heavy atom. The van der Waals surface area contributed by atoms with Crippen LogP contribution in [0.3, 0.4) is 0 Å². The molecule has 1 N–H and O–H groups in total. The number of hydrogen-bond donors (Lipinski definition) is 1. The minimum Gasteiger partial charge on any atom is -0.481 e. The number of ether oxygens (including phenoxy) is 1. The lowest BCUT2D eigenvalue weighted by atomic mass is 10.2. The van der Waals surface area contributed by atoms with E-state index in [4.69, 9.17) is 9.84 Å². The molecule has 1 unspecified atom stereocenters. The van der Waals surface area contributed by atoms with Gasteiger partial charge in [0.25, 0.3) is 0 Å². The Balaban J connectivity index is 2.43. The van der Waals surface area contributed by atoms with Crippen LogP contribution in [0, 0.1) is 0 Å². The Bertz CT molecular complexity index is 332. The van der Waals surface area contributed by atoms with E-state index in [2.05, 4.69) is 6.58 Å². The molecule has 0 fully saturated rings. The summed E-state index contributed by atoms with van der Waals surface area (Å²) in [5.74, 6) is -0.847. The van der Waals surface area contributed by atoms with Gasteiger partial charge in [-0.15, -0.1) is 6.58 Å². The molecule has 3 heteroatoms. The van der Waals surface area contributed by atoms with Crippen LogP contribution in [0.1, 0.15) is 18.4 Å². The Kier molecular flexibility index (Phi) is 5.29. The van der Waals surface area contributed by atoms with Crippen molar-refractivity contribution in [3.8, 4) is 0 Å². The van der Waals surface area contributed by atoms with E-state index in [9.17, 15) is 4.79 Å². The van der Waals surface area contributed by atoms with E-state index in [1.54, 1.807) is 6.08 Å². The minimum absolute atomic E-state index is 0.0128. The summed E-state index contributed by atoms with van der Waals surface area (Å²) in [6.07, 6.45) is 1.95. The molecule has 1 aromatic rings. The highest BCUT2D eigenvalue weighted by atomic mass is 16.5. The fourth-order valence-electron chi connectivity index (χ4n) is 1.38. The quantitative estimate of drug-likeness (QED) is 0.718. The third-order valence-corrected chi connectivity index (χ3v) is 2.16. The van der Waals surface area contributed by atoms with Gasteiger partial charge in [0, 0.05) is 0 Å². The molecule has 0 aliphatic rings. The van der Waals surface area contributed by atoms with Crippen LogP contribution in [-0.4, -0.2) is 17.2 Å². The molecular formula is C13H16O3. The number of hydrogen-bond acceptors (Lipinski definition) is 2. The lowest BCUT2D eigenvalue weighted by Gasteiger charge is -2.14. The Labute approximate surface area is 95.4 Å². The van der Waals surface area contributed by atoms with Gasteiger partial charge in [0.1, 0.15) is 0 Å². The van der Waals surface area contributed by atoms with Crippen molar-refractivity contribution < 1.29 is 14.6 Å². The first-order chi connectivity index (χ1) is 7.72. The van der Waals surface area contributed by atoms with Crippen molar-refractivity contribution in [2.24, 2.45) is 0 Å². The monoisotopic (exact) mass is 220 g/mol. The molecule has 0 radical (unpaired) electrons. The zero-order valence-corrected chi connectivity index (χ0v) is 9.13. The summed E-state index contributed by atoms with van der Waals surface area (Å²) in [6.45, 7) is 4.03. The number of rotatable bonds is 7. The van der Waals surface area contributed by atoms with E-state index in [1.165, 1.54) is 0 Å². The van der Waals surface area contributed by atoms with Crippen molar-refractivity contribution in [2.45, 2.75) is 25.6 Å². The van der Waals surface area contributed by atoms with Crippen LogP contribution < -0.4 is 0 Å². The Morgan fingerprint density at radius 1 is 1.44 bits per heavy atom. The van der Waals surface area contributed by atoms with Crippen molar-refractivity contribution >= 4 is 5.97 Å². The summed E-state index contributed by atoms with van der Waals surface area (Å²) in [6, 6.07) is 9.69. The SMILES string of the molecule is C=CCC(CC(=O)O)OCc1ccccc1. The predicted molar refractivity (Wildman–Crippen MR) is 62.1 cm³/mol. The van der Waals surface area contributed by atoms with Gasteiger partial charge in [-0.2, -0.15) is 0 Å². The van der Waals surface area contributed by atoms with Gasteiger partial charge >= 0.3 is 5.97 Å². The van der Waals surface area contributed by atoms with E-state index in [0.29, 0.717) is 13.0 Å². The standard InChI is InChI=1S/C13H16O3/c1-2-6-12(9-13(14)15)16-10-11-7-4-3-5-8-11/h2-5,7-8,12H,1,6,9-10H2,(H,14,15). The van der Waals surface area contributed by atoms with E-state index >= 15 is 0 Å². The molecule has 0 saturated heterocycles. The number of carboxylic acid groups (broad SMARTS) is 1. The van der Waals surface area contributed by atoms with Crippen LogP contribution in [-0.2, 0) is 16.1 Å². The zero-order valence-electron chi connectivity index (χ0n) is 9.13. The van der Waals surface area contributed by atoms with Crippen molar-refractivity contribution in [3.05, 3.63) is 48.6 Å². The average molecular weight is 220 g/mol. The lowest BCUT2D eigenvalue weighted by molar-refractivity contribution is -0.140. The molecule has 0 spiro atoms. The highest BCUT2D eigenvalue weighted by molar-refractivity contribution is 5.67. The summed E-state index contributed by atoms with van der Waals surface area (Å²) in [7, 11) is 0. The first-order valence-corrected chi connectivity index (χ1v) is 5.20. The van der Waals surface area contributed by atoms with Crippen LogP contribution >= 0.6 is 0 Å². The highest BCUT2D eigenvalue weighted by Gasteiger charge is 2.11. The second-order valence-electron chi connectivity index (χ2n) is 3.54. The van der Waals surface area contributed by atoms with Gasteiger partial charge in [-0.3, -0.25) is 4.79 Å². The van der Waals surface area contributed by atoms with Crippen LogP contribution in [0.15, 0.2) is 43.0 Å². The molecule has 0 aromatic heterocycles. The largest absolute Gasteiger partial charge is 0.481 e. The van der Waals surface area contributed by atoms with Gasteiger partial charge in [0.05, 0.1) is 19.1 Å². The second kappa shape index (κ2) is 6.80. The Hall–Kier alpha value is -1.61. The summed E-state index contributed by atoms with van der Waals surface area (Å²) in [5, 5.41) is 8.69. The molecule has 0 aliphatic heterocycles. The normalized spacial score (nSPS) is 12.0. The molecular weight excluding hydrogens is 204 g/mol. The van der Waals surface area contributed by atoms with Crippen molar-refractivity contribution in [2.75, 3.05) is 0 Å². The summed E-state index contributed by atoms with van der Waals surface area (Å²) in [4.78, 5) is 10.6. The minimum atomic E-state index is -0.847. The van der Waals surface area contributed by atoms with E-state index in [1.807, 2.05) is 30.3 Å². The fourth-order valence-corrected chi connectivity index (χ4v) is 1.38. The number of carboxylic acids is 1. The molecule has 1 atom stereocenters. The molecule has 16 heavy (non-hydrogen) atoms. The molecule has 86 valence electrons. The number of aliphatic carboxylic acids is 1. The van der Waals surface area contributed by atoms with Gasteiger partial charge < -0.3 is 9.84 Å². The topological polar surface area (TPSA) is 46.5 Å². The molecule has 3 nitrogen and oxygen atoms in total. The van der Waals surface area contributed by atoms with Gasteiger partial charge in [0.15, 0.2) is 0 Å². The molecule has 0 heterocycles. The average Bonchev–Trinajstić information content (AvgIpc) is 2.27. The van der Waals surface area contributed by atoms with Gasteiger partial charge in [-0.25, -0.2) is 0 Å².